The summed E-state index contributed by atoms with van der Waals surface area (Å²) in [5.74, 6) is 1.51. The van der Waals surface area contributed by atoms with Crippen molar-refractivity contribution < 1.29 is 14.3 Å². The number of H-pyrrole nitrogens is 1. The number of rotatable bonds is 8. The number of aromatic amines is 1. The van der Waals surface area contributed by atoms with Crippen molar-refractivity contribution in [3.63, 3.8) is 0 Å². The van der Waals surface area contributed by atoms with Crippen LogP contribution in [0.1, 0.15) is 81.9 Å². The van der Waals surface area contributed by atoms with Gasteiger partial charge in [-0.05, 0) is 86.1 Å². The fraction of sp³-hybridized carbons (Fsp3) is 0.457. The Kier molecular flexibility index (Phi) is 7.46. The normalized spacial score (nSPS) is 24.7. The molecule has 234 valence electrons. The van der Waals surface area contributed by atoms with Crippen LogP contribution in [0.25, 0.3) is 10.9 Å². The number of methoxy groups -OCH3 is 1. The lowest BCUT2D eigenvalue weighted by Crippen LogP contribution is -2.51. The van der Waals surface area contributed by atoms with E-state index >= 15 is 0 Å². The first kappa shape index (κ1) is 29.3. The van der Waals surface area contributed by atoms with Crippen LogP contribution in [-0.4, -0.2) is 56.5 Å². The average molecular weight is 608 g/mol. The van der Waals surface area contributed by atoms with Crippen molar-refractivity contribution in [2.45, 2.75) is 81.7 Å². The molecule has 2 aromatic carbocycles. The predicted molar refractivity (Wildman–Crippen MR) is 172 cm³/mol. The van der Waals surface area contributed by atoms with Crippen LogP contribution < -0.4 is 10.6 Å². The fourth-order valence-electron chi connectivity index (χ4n) is 8.08. The summed E-state index contributed by atoms with van der Waals surface area (Å²) < 4.78 is 4.79. The lowest BCUT2D eigenvalue weighted by atomic mass is 9.77. The zero-order chi connectivity index (χ0) is 31.2. The predicted octanol–water partition coefficient (Wildman–Crippen LogP) is 6.29. The number of carbonyl (C=O) groups is 2. The SMILES string of the molecule is COC(=O)N[C@H](C(=O)N1CCC[C@H]1c1ncc(C23CCC(c4ccc5ncnc(Nc6ccccc6)c5c4)(CC2)C3)[nH]1)C(C)C. The van der Waals surface area contributed by atoms with E-state index < -0.39 is 12.1 Å². The van der Waals surface area contributed by atoms with Crippen molar-refractivity contribution in [3.8, 4) is 0 Å². The molecule has 2 bridgehead atoms. The number of benzene rings is 2. The molecule has 0 spiro atoms. The van der Waals surface area contributed by atoms with Crippen molar-refractivity contribution in [1.82, 2.24) is 30.2 Å². The van der Waals surface area contributed by atoms with Gasteiger partial charge < -0.3 is 25.3 Å². The number of carbonyl (C=O) groups excluding carboxylic acids is 2. The van der Waals surface area contributed by atoms with Gasteiger partial charge in [0.1, 0.15) is 24.0 Å². The summed E-state index contributed by atoms with van der Waals surface area (Å²) in [4.78, 5) is 45.2. The average Bonchev–Trinajstić information content (AvgIpc) is 3.87. The molecule has 2 aromatic heterocycles. The number of aromatic nitrogens is 4. The maximum atomic E-state index is 13.6. The molecule has 1 saturated heterocycles. The molecule has 4 aromatic rings. The maximum absolute atomic E-state index is 13.6. The van der Waals surface area contributed by atoms with Crippen molar-refractivity contribution in [2.24, 2.45) is 5.92 Å². The number of alkyl carbamates (subject to hydrolysis) is 1. The second-order valence-corrected chi connectivity index (χ2v) is 13.4. The lowest BCUT2D eigenvalue weighted by Gasteiger charge is -2.30. The van der Waals surface area contributed by atoms with E-state index in [1.165, 1.54) is 18.4 Å². The summed E-state index contributed by atoms with van der Waals surface area (Å²) in [5.41, 5.74) is 4.60. The molecule has 2 saturated carbocycles. The summed E-state index contributed by atoms with van der Waals surface area (Å²) in [6.07, 6.45) is 10.3. The van der Waals surface area contributed by atoms with Crippen molar-refractivity contribution in [2.75, 3.05) is 19.0 Å². The Morgan fingerprint density at radius 2 is 1.80 bits per heavy atom. The summed E-state index contributed by atoms with van der Waals surface area (Å²) >= 11 is 0. The van der Waals surface area contributed by atoms with Gasteiger partial charge in [0, 0.05) is 34.9 Å². The smallest absolute Gasteiger partial charge is 0.407 e. The molecular formula is C35H41N7O3. The standard InChI is InChI=1S/C35H41N7O3/c1-22(2)29(41-33(44)45-3)32(43)42-17-7-10-27(42)31-36-19-28(40-31)35-15-13-34(20-35,14-16-35)23-11-12-26-25(18-23)30(38-21-37-26)39-24-8-5-4-6-9-24/h4-6,8-9,11-12,18-19,21-22,27,29H,7,10,13-17,20H2,1-3H3,(H,36,40)(H,41,44)(H,37,38,39)/t27-,29-,34?,35?/m0/s1. The molecule has 7 rings (SSSR count). The molecule has 0 unspecified atom stereocenters. The number of likely N-dealkylation sites (tertiary alicyclic amines) is 1. The first-order valence-electron chi connectivity index (χ1n) is 16.1. The van der Waals surface area contributed by atoms with Gasteiger partial charge in [0.25, 0.3) is 0 Å². The van der Waals surface area contributed by atoms with E-state index in [2.05, 4.69) is 43.8 Å². The molecule has 1 aliphatic heterocycles. The van der Waals surface area contributed by atoms with Crippen LogP contribution in [0.4, 0.5) is 16.3 Å². The quantitative estimate of drug-likeness (QED) is 0.215. The van der Waals surface area contributed by atoms with Crippen LogP contribution in [0.2, 0.25) is 0 Å². The number of fused-ring (bicyclic) bond motifs is 3. The van der Waals surface area contributed by atoms with Crippen molar-refractivity contribution >= 4 is 34.4 Å². The van der Waals surface area contributed by atoms with Gasteiger partial charge in [0.15, 0.2) is 0 Å². The molecule has 2 atom stereocenters. The fourth-order valence-corrected chi connectivity index (χ4v) is 8.08. The second kappa shape index (κ2) is 11.5. The minimum absolute atomic E-state index is 0.0405. The first-order valence-corrected chi connectivity index (χ1v) is 16.1. The van der Waals surface area contributed by atoms with Crippen LogP contribution >= 0.6 is 0 Å². The van der Waals surface area contributed by atoms with Crippen molar-refractivity contribution in [3.05, 3.63) is 78.1 Å². The first-order chi connectivity index (χ1) is 21.8. The molecular weight excluding hydrogens is 566 g/mol. The number of amides is 2. The molecule has 3 aliphatic rings. The van der Waals surface area contributed by atoms with Gasteiger partial charge in [-0.1, -0.05) is 38.1 Å². The Balaban J connectivity index is 1.12. The Morgan fingerprint density at radius 1 is 1.02 bits per heavy atom. The monoisotopic (exact) mass is 607 g/mol. The Labute approximate surface area is 263 Å². The van der Waals surface area contributed by atoms with E-state index in [9.17, 15) is 9.59 Å². The highest BCUT2D eigenvalue weighted by Crippen LogP contribution is 2.63. The molecule has 2 aliphatic carbocycles. The topological polar surface area (TPSA) is 125 Å². The van der Waals surface area contributed by atoms with Gasteiger partial charge in [0.2, 0.25) is 5.91 Å². The summed E-state index contributed by atoms with van der Waals surface area (Å²) in [5, 5.41) is 7.26. The van der Waals surface area contributed by atoms with Gasteiger partial charge in [-0.2, -0.15) is 0 Å². The summed E-state index contributed by atoms with van der Waals surface area (Å²) in [6, 6.07) is 16.0. The van der Waals surface area contributed by atoms with E-state index in [1.54, 1.807) is 6.33 Å². The Morgan fingerprint density at radius 3 is 2.56 bits per heavy atom. The maximum Gasteiger partial charge on any atom is 0.407 e. The number of nitrogens with zero attached hydrogens (tertiary/aromatic N) is 4. The number of imidazole rings is 1. The van der Waals surface area contributed by atoms with E-state index in [0.717, 1.165) is 73.2 Å². The van der Waals surface area contributed by atoms with E-state index in [4.69, 9.17) is 9.72 Å². The molecule has 10 heteroatoms. The second-order valence-electron chi connectivity index (χ2n) is 13.4. The number of nitrogens with one attached hydrogen (secondary N) is 3. The number of para-hydroxylation sites is 1. The summed E-state index contributed by atoms with van der Waals surface area (Å²) in [6.45, 7) is 4.51. The largest absolute Gasteiger partial charge is 0.453 e. The molecule has 2 amide bonds. The number of anilines is 2. The molecule has 3 N–H and O–H groups in total. The van der Waals surface area contributed by atoms with Gasteiger partial charge >= 0.3 is 6.09 Å². The molecule has 3 heterocycles. The Bertz CT molecular complexity index is 1710. The van der Waals surface area contributed by atoms with Crippen LogP contribution in [0.3, 0.4) is 0 Å². The van der Waals surface area contributed by atoms with Gasteiger partial charge in [-0.25, -0.2) is 19.7 Å². The third kappa shape index (κ3) is 5.19. The molecule has 10 nitrogen and oxygen atoms in total. The van der Waals surface area contributed by atoms with Crippen LogP contribution in [0, 0.1) is 5.92 Å². The zero-order valence-electron chi connectivity index (χ0n) is 26.2. The van der Waals surface area contributed by atoms with E-state index in [0.29, 0.717) is 6.54 Å². The van der Waals surface area contributed by atoms with E-state index in [-0.39, 0.29) is 28.7 Å². The van der Waals surface area contributed by atoms with Gasteiger partial charge in [-0.15, -0.1) is 0 Å². The van der Waals surface area contributed by atoms with Crippen LogP contribution in [-0.2, 0) is 20.4 Å². The highest BCUT2D eigenvalue weighted by atomic mass is 16.5. The molecule has 3 fully saturated rings. The number of hydrogen-bond acceptors (Lipinski definition) is 7. The van der Waals surface area contributed by atoms with Crippen LogP contribution in [0.5, 0.6) is 0 Å². The van der Waals surface area contributed by atoms with E-state index in [1.807, 2.05) is 55.3 Å². The zero-order valence-corrected chi connectivity index (χ0v) is 26.2. The minimum atomic E-state index is -0.646. The van der Waals surface area contributed by atoms with Crippen molar-refractivity contribution in [1.29, 1.82) is 0 Å². The Hall–Kier alpha value is -4.47. The van der Waals surface area contributed by atoms with Gasteiger partial charge in [-0.3, -0.25) is 4.79 Å². The third-order valence-electron chi connectivity index (χ3n) is 10.5. The highest BCUT2D eigenvalue weighted by Gasteiger charge is 2.56. The third-order valence-corrected chi connectivity index (χ3v) is 10.5. The van der Waals surface area contributed by atoms with Crippen LogP contribution in [0.15, 0.2) is 61.1 Å². The highest BCUT2D eigenvalue weighted by molar-refractivity contribution is 5.91. The summed E-state index contributed by atoms with van der Waals surface area (Å²) in [7, 11) is 1.31. The minimum Gasteiger partial charge on any atom is -0.453 e. The lowest BCUT2D eigenvalue weighted by molar-refractivity contribution is -0.135. The van der Waals surface area contributed by atoms with Gasteiger partial charge in [0.05, 0.1) is 18.7 Å². The molecule has 45 heavy (non-hydrogen) atoms. The number of ether oxygens (including phenoxy) is 1. The number of hydrogen-bond donors (Lipinski definition) is 3. The molecule has 0 radical (unpaired) electrons.